The van der Waals surface area contributed by atoms with Gasteiger partial charge in [0, 0.05) is 6.54 Å². The second kappa shape index (κ2) is 6.22. The summed E-state index contributed by atoms with van der Waals surface area (Å²) in [6, 6.07) is 0. The van der Waals surface area contributed by atoms with Crippen molar-refractivity contribution in [2.45, 2.75) is 43.8 Å². The lowest BCUT2D eigenvalue weighted by molar-refractivity contribution is -0.121. The zero-order valence-corrected chi connectivity index (χ0v) is 12.1. The average molecular weight is 288 g/mol. The van der Waals surface area contributed by atoms with Gasteiger partial charge in [0.25, 0.3) is 0 Å². The van der Waals surface area contributed by atoms with E-state index in [0.717, 1.165) is 25.7 Å². The first kappa shape index (κ1) is 14.8. The van der Waals surface area contributed by atoms with Crippen molar-refractivity contribution >= 4 is 15.7 Å². The second-order valence-electron chi connectivity index (χ2n) is 5.78. The van der Waals surface area contributed by atoms with Crippen LogP contribution in [-0.4, -0.2) is 38.4 Å². The number of sulfone groups is 1. The quantitative estimate of drug-likeness (QED) is 0.786. The van der Waals surface area contributed by atoms with Gasteiger partial charge < -0.3 is 11.1 Å². The number of hydrogen-bond donors (Lipinski definition) is 2. The lowest BCUT2D eigenvalue weighted by atomic mass is 9.96. The van der Waals surface area contributed by atoms with Crippen molar-refractivity contribution in [1.82, 2.24) is 5.32 Å². The van der Waals surface area contributed by atoms with Gasteiger partial charge in [0.05, 0.1) is 5.75 Å². The minimum atomic E-state index is -3.22. The molecule has 3 atom stereocenters. The molecule has 1 amide bonds. The Morgan fingerprint density at radius 1 is 1.11 bits per heavy atom. The van der Waals surface area contributed by atoms with Gasteiger partial charge in [0.2, 0.25) is 5.91 Å². The molecule has 1 saturated heterocycles. The summed E-state index contributed by atoms with van der Waals surface area (Å²) in [6.45, 7) is 1.23. The predicted octanol–water partition coefficient (Wildman–Crippen LogP) is 0.445. The van der Waals surface area contributed by atoms with E-state index in [9.17, 15) is 13.2 Å². The molecule has 1 aliphatic carbocycles. The van der Waals surface area contributed by atoms with Crippen LogP contribution in [0.5, 0.6) is 0 Å². The van der Waals surface area contributed by atoms with Crippen molar-refractivity contribution in [2.24, 2.45) is 17.6 Å². The van der Waals surface area contributed by atoms with Crippen molar-refractivity contribution in [1.29, 1.82) is 0 Å². The SMILES string of the molecule is NCC1CCCC1CNC(=O)C1CCCCS1(=O)=O. The molecule has 1 saturated carbocycles. The van der Waals surface area contributed by atoms with Crippen LogP contribution in [0, 0.1) is 11.8 Å². The van der Waals surface area contributed by atoms with E-state index in [1.165, 1.54) is 0 Å². The summed E-state index contributed by atoms with van der Waals surface area (Å²) in [4.78, 5) is 12.0. The van der Waals surface area contributed by atoms with E-state index in [1.54, 1.807) is 0 Å². The summed E-state index contributed by atoms with van der Waals surface area (Å²) in [6.07, 6.45) is 5.35. The van der Waals surface area contributed by atoms with Gasteiger partial charge in [-0.1, -0.05) is 12.8 Å². The van der Waals surface area contributed by atoms with Crippen molar-refractivity contribution in [3.05, 3.63) is 0 Å². The Balaban J connectivity index is 1.87. The standard InChI is InChI=1S/C13H24N2O3S/c14-8-10-4-3-5-11(10)9-15-13(16)12-6-1-2-7-19(12,17)18/h10-12H,1-9,14H2,(H,15,16). The third-order valence-corrected chi connectivity index (χ3v) is 6.70. The smallest absolute Gasteiger partial charge is 0.238 e. The van der Waals surface area contributed by atoms with Gasteiger partial charge in [-0.05, 0) is 44.1 Å². The number of carbonyl (C=O) groups excluding carboxylic acids is 1. The van der Waals surface area contributed by atoms with E-state index in [-0.39, 0.29) is 11.7 Å². The maximum atomic E-state index is 12.0. The minimum Gasteiger partial charge on any atom is -0.355 e. The zero-order valence-electron chi connectivity index (χ0n) is 11.3. The highest BCUT2D eigenvalue weighted by molar-refractivity contribution is 7.92. The maximum Gasteiger partial charge on any atom is 0.238 e. The number of rotatable bonds is 4. The highest BCUT2D eigenvalue weighted by Crippen LogP contribution is 2.30. The molecule has 0 aromatic carbocycles. The largest absolute Gasteiger partial charge is 0.355 e. The molecule has 110 valence electrons. The number of nitrogens with one attached hydrogen (secondary N) is 1. The second-order valence-corrected chi connectivity index (χ2v) is 8.09. The summed E-state index contributed by atoms with van der Waals surface area (Å²) in [5.74, 6) is 0.741. The van der Waals surface area contributed by atoms with Crippen molar-refractivity contribution in [2.75, 3.05) is 18.8 Å². The van der Waals surface area contributed by atoms with Crippen LogP contribution in [0.2, 0.25) is 0 Å². The fraction of sp³-hybridized carbons (Fsp3) is 0.923. The van der Waals surface area contributed by atoms with Crippen LogP contribution >= 0.6 is 0 Å². The zero-order chi connectivity index (χ0) is 13.9. The van der Waals surface area contributed by atoms with Crippen LogP contribution in [0.4, 0.5) is 0 Å². The lowest BCUT2D eigenvalue weighted by Crippen LogP contribution is -2.44. The van der Waals surface area contributed by atoms with Crippen LogP contribution in [0.1, 0.15) is 38.5 Å². The van der Waals surface area contributed by atoms with E-state index < -0.39 is 15.1 Å². The molecule has 3 N–H and O–H groups in total. The van der Waals surface area contributed by atoms with E-state index in [4.69, 9.17) is 5.73 Å². The fourth-order valence-electron chi connectivity index (χ4n) is 3.29. The summed E-state index contributed by atoms with van der Waals surface area (Å²) in [5.41, 5.74) is 5.71. The molecule has 0 aromatic rings. The summed E-state index contributed by atoms with van der Waals surface area (Å²) >= 11 is 0. The molecular weight excluding hydrogens is 264 g/mol. The first-order valence-electron chi connectivity index (χ1n) is 7.24. The molecule has 6 heteroatoms. The van der Waals surface area contributed by atoms with Gasteiger partial charge in [0.15, 0.2) is 9.84 Å². The maximum absolute atomic E-state index is 12.0. The molecule has 0 spiro atoms. The van der Waals surface area contributed by atoms with Gasteiger partial charge in [-0.25, -0.2) is 8.42 Å². The third-order valence-electron chi connectivity index (χ3n) is 4.53. The lowest BCUT2D eigenvalue weighted by Gasteiger charge is -2.23. The van der Waals surface area contributed by atoms with Crippen LogP contribution < -0.4 is 11.1 Å². The van der Waals surface area contributed by atoms with E-state index in [2.05, 4.69) is 5.32 Å². The van der Waals surface area contributed by atoms with Crippen LogP contribution in [0.15, 0.2) is 0 Å². The Hall–Kier alpha value is -0.620. The Kier molecular flexibility index (Phi) is 4.84. The first-order valence-corrected chi connectivity index (χ1v) is 8.95. The van der Waals surface area contributed by atoms with Crippen LogP contribution in [0.25, 0.3) is 0 Å². The monoisotopic (exact) mass is 288 g/mol. The molecule has 2 fully saturated rings. The molecular formula is C13H24N2O3S. The molecule has 2 rings (SSSR count). The molecule has 1 aliphatic heterocycles. The fourth-order valence-corrected chi connectivity index (χ4v) is 5.11. The van der Waals surface area contributed by atoms with Crippen LogP contribution in [0.3, 0.4) is 0 Å². The molecule has 0 aromatic heterocycles. The van der Waals surface area contributed by atoms with Gasteiger partial charge in [-0.3, -0.25) is 4.79 Å². The van der Waals surface area contributed by atoms with Crippen molar-refractivity contribution in [3.8, 4) is 0 Å². The topological polar surface area (TPSA) is 89.3 Å². The molecule has 2 aliphatic rings. The summed E-state index contributed by atoms with van der Waals surface area (Å²) in [5, 5.41) is 2.02. The molecule has 3 unspecified atom stereocenters. The Bertz CT molecular complexity index is 422. The van der Waals surface area contributed by atoms with Gasteiger partial charge in [0.1, 0.15) is 5.25 Å². The number of nitrogens with two attached hydrogens (primary N) is 1. The number of amides is 1. The Morgan fingerprint density at radius 2 is 1.84 bits per heavy atom. The predicted molar refractivity (Wildman–Crippen MR) is 74.3 cm³/mol. The Labute approximate surface area is 115 Å². The number of hydrogen-bond acceptors (Lipinski definition) is 4. The first-order chi connectivity index (χ1) is 9.04. The average Bonchev–Trinajstić information content (AvgIpc) is 2.82. The highest BCUT2D eigenvalue weighted by atomic mass is 32.2. The van der Waals surface area contributed by atoms with E-state index in [1.807, 2.05) is 0 Å². The van der Waals surface area contributed by atoms with Crippen molar-refractivity contribution in [3.63, 3.8) is 0 Å². The van der Waals surface area contributed by atoms with Crippen LogP contribution in [-0.2, 0) is 14.6 Å². The molecule has 5 nitrogen and oxygen atoms in total. The Morgan fingerprint density at radius 3 is 2.53 bits per heavy atom. The molecule has 0 bridgehead atoms. The molecule has 19 heavy (non-hydrogen) atoms. The van der Waals surface area contributed by atoms with Gasteiger partial charge in [-0.2, -0.15) is 0 Å². The van der Waals surface area contributed by atoms with Crippen molar-refractivity contribution < 1.29 is 13.2 Å². The molecule has 1 heterocycles. The summed E-state index contributed by atoms with van der Waals surface area (Å²) < 4.78 is 23.7. The minimum absolute atomic E-state index is 0.153. The van der Waals surface area contributed by atoms with Gasteiger partial charge >= 0.3 is 0 Å². The normalized spacial score (nSPS) is 34.1. The van der Waals surface area contributed by atoms with Gasteiger partial charge in [-0.15, -0.1) is 0 Å². The summed E-state index contributed by atoms with van der Waals surface area (Å²) in [7, 11) is -3.22. The van der Waals surface area contributed by atoms with E-state index in [0.29, 0.717) is 37.8 Å². The molecule has 0 radical (unpaired) electrons. The van der Waals surface area contributed by atoms with E-state index >= 15 is 0 Å². The highest BCUT2D eigenvalue weighted by Gasteiger charge is 2.35. The third kappa shape index (κ3) is 3.48. The number of carbonyl (C=O) groups is 1.